The minimum absolute atomic E-state index is 0.989. The first-order chi connectivity index (χ1) is 6.84. The predicted molar refractivity (Wildman–Crippen MR) is 58.2 cm³/mol. The van der Waals surface area contributed by atoms with E-state index in [2.05, 4.69) is 48.3 Å². The van der Waals surface area contributed by atoms with Crippen molar-refractivity contribution in [2.24, 2.45) is 0 Å². The molecule has 0 fully saturated rings. The minimum Gasteiger partial charge on any atom is -0.265 e. The van der Waals surface area contributed by atoms with Crippen LogP contribution in [0.15, 0.2) is 48.8 Å². The van der Waals surface area contributed by atoms with Gasteiger partial charge < -0.3 is 0 Å². The summed E-state index contributed by atoms with van der Waals surface area (Å²) in [6.45, 7) is 2.11. The summed E-state index contributed by atoms with van der Waals surface area (Å²) in [6.07, 6.45) is 4.66. The fourth-order valence-corrected chi connectivity index (χ4v) is 1.44. The molecule has 1 nitrogen and oxygen atoms in total. The minimum atomic E-state index is 0.989. The Hall–Kier alpha value is -1.63. The van der Waals surface area contributed by atoms with Gasteiger partial charge in [-0.15, -0.1) is 0 Å². The third-order valence-corrected chi connectivity index (χ3v) is 2.28. The van der Waals surface area contributed by atoms with E-state index in [0.717, 1.165) is 6.42 Å². The van der Waals surface area contributed by atoms with E-state index in [1.165, 1.54) is 16.7 Å². The lowest BCUT2D eigenvalue weighted by Crippen LogP contribution is -1.87. The predicted octanol–water partition coefficient (Wildman–Crippen LogP) is 2.98. The summed E-state index contributed by atoms with van der Waals surface area (Å²) >= 11 is 0. The Morgan fingerprint density at radius 3 is 2.07 bits per heavy atom. The molecule has 0 amide bonds. The zero-order valence-corrected chi connectivity index (χ0v) is 8.27. The fraction of sp³-hybridized carbons (Fsp3) is 0.154. The maximum Gasteiger partial charge on any atom is 0.0270 e. The molecule has 0 bridgehead atoms. The van der Waals surface area contributed by atoms with Gasteiger partial charge in [-0.1, -0.05) is 29.8 Å². The molecule has 14 heavy (non-hydrogen) atoms. The lowest BCUT2D eigenvalue weighted by Gasteiger charge is -2.01. The van der Waals surface area contributed by atoms with Crippen molar-refractivity contribution in [2.75, 3.05) is 0 Å². The van der Waals surface area contributed by atoms with Crippen LogP contribution in [0.5, 0.6) is 0 Å². The van der Waals surface area contributed by atoms with Gasteiger partial charge in [-0.25, -0.2) is 0 Å². The van der Waals surface area contributed by atoms with E-state index in [1.807, 2.05) is 12.4 Å². The first-order valence-electron chi connectivity index (χ1n) is 4.79. The maximum atomic E-state index is 4.00. The number of aryl methyl sites for hydroxylation is 1. The Morgan fingerprint density at radius 1 is 0.857 bits per heavy atom. The number of hydrogen-bond donors (Lipinski definition) is 0. The molecule has 1 heteroatoms. The largest absolute Gasteiger partial charge is 0.265 e. The fourth-order valence-electron chi connectivity index (χ4n) is 1.44. The van der Waals surface area contributed by atoms with Gasteiger partial charge in [0.2, 0.25) is 0 Å². The third-order valence-electron chi connectivity index (χ3n) is 2.28. The van der Waals surface area contributed by atoms with Crippen LogP contribution in [0.4, 0.5) is 0 Å². The number of nitrogens with zero attached hydrogens (tertiary/aromatic N) is 1. The third kappa shape index (κ3) is 2.19. The summed E-state index contributed by atoms with van der Waals surface area (Å²) in [6, 6.07) is 12.8. The summed E-state index contributed by atoms with van der Waals surface area (Å²) in [5, 5.41) is 0. The summed E-state index contributed by atoms with van der Waals surface area (Å²) in [5.74, 6) is 0. The maximum absolute atomic E-state index is 4.00. The van der Waals surface area contributed by atoms with E-state index >= 15 is 0 Å². The van der Waals surface area contributed by atoms with E-state index in [0.29, 0.717) is 0 Å². The van der Waals surface area contributed by atoms with Gasteiger partial charge in [0.05, 0.1) is 0 Å². The molecule has 1 heterocycles. The Kier molecular flexibility index (Phi) is 2.59. The molecule has 0 unspecified atom stereocenters. The standard InChI is InChI=1S/C13H13N/c1-11-2-4-12(5-3-11)10-13-6-8-14-9-7-13/h2-9H,10H2,1H3. The van der Waals surface area contributed by atoms with Crippen molar-refractivity contribution in [1.82, 2.24) is 4.98 Å². The molecule has 0 aliphatic carbocycles. The van der Waals surface area contributed by atoms with Gasteiger partial charge in [0.1, 0.15) is 0 Å². The topological polar surface area (TPSA) is 12.9 Å². The van der Waals surface area contributed by atoms with Crippen molar-refractivity contribution in [3.05, 3.63) is 65.5 Å². The smallest absolute Gasteiger partial charge is 0.0270 e. The van der Waals surface area contributed by atoms with Gasteiger partial charge in [0.15, 0.2) is 0 Å². The highest BCUT2D eigenvalue weighted by molar-refractivity contribution is 5.27. The van der Waals surface area contributed by atoms with Gasteiger partial charge >= 0.3 is 0 Å². The first-order valence-corrected chi connectivity index (χ1v) is 4.79. The van der Waals surface area contributed by atoms with Crippen LogP contribution in [0.3, 0.4) is 0 Å². The van der Waals surface area contributed by atoms with Gasteiger partial charge in [0.25, 0.3) is 0 Å². The van der Waals surface area contributed by atoms with Gasteiger partial charge in [-0.2, -0.15) is 0 Å². The van der Waals surface area contributed by atoms with Crippen molar-refractivity contribution in [3.63, 3.8) is 0 Å². The number of aromatic nitrogens is 1. The monoisotopic (exact) mass is 183 g/mol. The molecule has 0 saturated carbocycles. The average molecular weight is 183 g/mol. The average Bonchev–Trinajstić information content (AvgIpc) is 2.23. The van der Waals surface area contributed by atoms with Gasteiger partial charge in [-0.05, 0) is 36.6 Å². The summed E-state index contributed by atoms with van der Waals surface area (Å²) in [4.78, 5) is 4.00. The Balaban J connectivity index is 2.16. The van der Waals surface area contributed by atoms with E-state index in [1.54, 1.807) is 0 Å². The van der Waals surface area contributed by atoms with Crippen molar-refractivity contribution in [2.45, 2.75) is 13.3 Å². The molecule has 0 N–H and O–H groups in total. The van der Waals surface area contributed by atoms with E-state index in [9.17, 15) is 0 Å². The Labute approximate surface area is 84.4 Å². The molecule has 0 radical (unpaired) electrons. The van der Waals surface area contributed by atoms with Crippen LogP contribution in [-0.4, -0.2) is 4.98 Å². The molecule has 0 spiro atoms. The first kappa shape index (κ1) is 8.95. The van der Waals surface area contributed by atoms with Crippen molar-refractivity contribution in [3.8, 4) is 0 Å². The number of benzene rings is 1. The lowest BCUT2D eigenvalue weighted by atomic mass is 10.1. The second kappa shape index (κ2) is 4.05. The van der Waals surface area contributed by atoms with Crippen molar-refractivity contribution < 1.29 is 0 Å². The van der Waals surface area contributed by atoms with Crippen LogP contribution >= 0.6 is 0 Å². The summed E-state index contributed by atoms with van der Waals surface area (Å²) in [7, 11) is 0. The molecule has 2 aromatic rings. The zero-order chi connectivity index (χ0) is 9.80. The number of rotatable bonds is 2. The van der Waals surface area contributed by atoms with E-state index in [-0.39, 0.29) is 0 Å². The normalized spacial score (nSPS) is 10.1. The molecule has 0 saturated heterocycles. The molecule has 0 atom stereocenters. The number of pyridine rings is 1. The highest BCUT2D eigenvalue weighted by Gasteiger charge is 1.94. The van der Waals surface area contributed by atoms with Crippen molar-refractivity contribution in [1.29, 1.82) is 0 Å². The van der Waals surface area contributed by atoms with Crippen LogP contribution in [0.1, 0.15) is 16.7 Å². The zero-order valence-electron chi connectivity index (χ0n) is 8.27. The second-order valence-electron chi connectivity index (χ2n) is 3.52. The highest BCUT2D eigenvalue weighted by Crippen LogP contribution is 2.09. The van der Waals surface area contributed by atoms with Crippen LogP contribution in [-0.2, 0) is 6.42 Å². The highest BCUT2D eigenvalue weighted by atomic mass is 14.6. The van der Waals surface area contributed by atoms with Gasteiger partial charge in [0, 0.05) is 12.4 Å². The molecule has 70 valence electrons. The Bertz CT molecular complexity index is 389. The molecule has 0 aliphatic heterocycles. The quantitative estimate of drug-likeness (QED) is 0.697. The van der Waals surface area contributed by atoms with E-state index in [4.69, 9.17) is 0 Å². The van der Waals surface area contributed by atoms with Gasteiger partial charge in [-0.3, -0.25) is 4.98 Å². The molecule has 1 aromatic heterocycles. The molecular weight excluding hydrogens is 170 g/mol. The van der Waals surface area contributed by atoms with E-state index < -0.39 is 0 Å². The van der Waals surface area contributed by atoms with Crippen LogP contribution in [0, 0.1) is 6.92 Å². The molecule has 1 aromatic carbocycles. The van der Waals surface area contributed by atoms with Crippen LogP contribution in [0.25, 0.3) is 0 Å². The Morgan fingerprint density at radius 2 is 1.43 bits per heavy atom. The van der Waals surface area contributed by atoms with Crippen LogP contribution < -0.4 is 0 Å². The summed E-state index contributed by atoms with van der Waals surface area (Å²) in [5.41, 5.74) is 3.97. The summed E-state index contributed by atoms with van der Waals surface area (Å²) < 4.78 is 0. The van der Waals surface area contributed by atoms with Crippen molar-refractivity contribution >= 4 is 0 Å². The number of hydrogen-bond acceptors (Lipinski definition) is 1. The molecule has 2 rings (SSSR count). The molecule has 0 aliphatic rings. The SMILES string of the molecule is Cc1ccc(Cc2ccncc2)cc1. The van der Waals surface area contributed by atoms with Crippen LogP contribution in [0.2, 0.25) is 0 Å². The molecular formula is C13H13N. The lowest BCUT2D eigenvalue weighted by molar-refractivity contribution is 1.16. The second-order valence-corrected chi connectivity index (χ2v) is 3.52.